The Morgan fingerprint density at radius 3 is 2.47 bits per heavy atom. The fourth-order valence-corrected chi connectivity index (χ4v) is 2.27. The normalized spacial score (nSPS) is 15.0. The van der Waals surface area contributed by atoms with E-state index in [1.807, 2.05) is 20.8 Å². The van der Waals surface area contributed by atoms with E-state index in [2.05, 4.69) is 0 Å². The van der Waals surface area contributed by atoms with Crippen LogP contribution in [0.4, 0.5) is 5.69 Å². The fourth-order valence-electron chi connectivity index (χ4n) is 2.27. The molecule has 0 radical (unpaired) electrons. The van der Waals surface area contributed by atoms with Crippen LogP contribution in [0.15, 0.2) is 18.2 Å². The number of benzene rings is 1. The van der Waals surface area contributed by atoms with Crippen molar-refractivity contribution < 1.29 is 14.3 Å². The summed E-state index contributed by atoms with van der Waals surface area (Å²) >= 11 is 0. The molecule has 0 saturated carbocycles. The summed E-state index contributed by atoms with van der Waals surface area (Å²) in [6, 6.07) is 4.77. The minimum atomic E-state index is -0.562. The van der Waals surface area contributed by atoms with Crippen molar-refractivity contribution in [2.75, 3.05) is 18.9 Å². The van der Waals surface area contributed by atoms with Gasteiger partial charge >= 0.3 is 0 Å². The maximum atomic E-state index is 12.2. The largest absolute Gasteiger partial charge is 0.399 e. The van der Waals surface area contributed by atoms with Gasteiger partial charge in [0.15, 0.2) is 0 Å². The van der Waals surface area contributed by atoms with Crippen molar-refractivity contribution in [3.63, 3.8) is 0 Å². The van der Waals surface area contributed by atoms with Crippen molar-refractivity contribution in [2.45, 2.75) is 26.4 Å². The highest BCUT2D eigenvalue weighted by atomic mass is 16.5. The van der Waals surface area contributed by atoms with Crippen molar-refractivity contribution in [3.05, 3.63) is 29.3 Å². The first-order valence-electron chi connectivity index (χ1n) is 6.25. The number of hydrogen-bond donors (Lipinski definition) is 1. The van der Waals surface area contributed by atoms with E-state index in [0.717, 1.165) is 0 Å². The van der Waals surface area contributed by atoms with Gasteiger partial charge in [0.2, 0.25) is 0 Å². The van der Waals surface area contributed by atoms with Crippen LogP contribution in [0.1, 0.15) is 41.5 Å². The zero-order valence-electron chi connectivity index (χ0n) is 11.4. The molecule has 0 aliphatic carbocycles. The van der Waals surface area contributed by atoms with Crippen molar-refractivity contribution in [3.8, 4) is 0 Å². The summed E-state index contributed by atoms with van der Waals surface area (Å²) in [7, 11) is 0. The molecule has 0 saturated heterocycles. The maximum Gasteiger partial charge on any atom is 0.261 e. The summed E-state index contributed by atoms with van der Waals surface area (Å²) in [6.45, 7) is 6.35. The van der Waals surface area contributed by atoms with E-state index >= 15 is 0 Å². The van der Waals surface area contributed by atoms with Gasteiger partial charge in [-0.2, -0.15) is 0 Å². The van der Waals surface area contributed by atoms with Crippen molar-refractivity contribution in [1.82, 2.24) is 4.90 Å². The number of ether oxygens (including phenoxy) is 1. The van der Waals surface area contributed by atoms with Crippen LogP contribution in [-0.4, -0.2) is 35.5 Å². The van der Waals surface area contributed by atoms with E-state index < -0.39 is 5.60 Å². The first kappa shape index (κ1) is 13.5. The van der Waals surface area contributed by atoms with Crippen LogP contribution in [0, 0.1) is 0 Å². The van der Waals surface area contributed by atoms with Gasteiger partial charge in [-0.15, -0.1) is 0 Å². The van der Waals surface area contributed by atoms with E-state index in [9.17, 15) is 9.59 Å². The van der Waals surface area contributed by atoms with Gasteiger partial charge in [-0.1, -0.05) is 0 Å². The van der Waals surface area contributed by atoms with Gasteiger partial charge in [0, 0.05) is 12.3 Å². The van der Waals surface area contributed by atoms with Crippen LogP contribution >= 0.6 is 0 Å². The Bertz CT molecular complexity index is 537. The van der Waals surface area contributed by atoms with Crippen molar-refractivity contribution in [1.29, 1.82) is 0 Å². The third-order valence-electron chi connectivity index (χ3n) is 3.07. The Morgan fingerprint density at radius 1 is 1.21 bits per heavy atom. The standard InChI is InChI=1S/C14H18N2O3/c1-4-19-14(2,3)8-16-12(17)10-6-5-9(15)7-11(10)13(16)18/h5-7H,4,8,15H2,1-3H3. The van der Waals surface area contributed by atoms with Gasteiger partial charge in [0.1, 0.15) is 0 Å². The van der Waals surface area contributed by atoms with E-state index in [1.165, 1.54) is 4.90 Å². The SMILES string of the molecule is CCOC(C)(C)CN1C(=O)c2ccc(N)cc2C1=O. The van der Waals surface area contributed by atoms with Crippen LogP contribution in [0.2, 0.25) is 0 Å². The van der Waals surface area contributed by atoms with Crippen LogP contribution in [0.3, 0.4) is 0 Å². The second kappa shape index (κ2) is 4.66. The van der Waals surface area contributed by atoms with E-state index in [1.54, 1.807) is 18.2 Å². The highest BCUT2D eigenvalue weighted by molar-refractivity contribution is 6.21. The summed E-state index contributed by atoms with van der Waals surface area (Å²) in [6.07, 6.45) is 0. The highest BCUT2D eigenvalue weighted by Crippen LogP contribution is 2.26. The topological polar surface area (TPSA) is 72.6 Å². The van der Waals surface area contributed by atoms with Crippen molar-refractivity contribution in [2.24, 2.45) is 0 Å². The predicted molar refractivity (Wildman–Crippen MR) is 71.9 cm³/mol. The Balaban J connectivity index is 2.28. The number of imide groups is 1. The molecule has 1 aromatic rings. The van der Waals surface area contributed by atoms with Crippen LogP contribution in [0.5, 0.6) is 0 Å². The van der Waals surface area contributed by atoms with Crippen LogP contribution in [0.25, 0.3) is 0 Å². The molecule has 2 rings (SSSR count). The maximum absolute atomic E-state index is 12.2. The van der Waals surface area contributed by atoms with Gasteiger partial charge in [-0.25, -0.2) is 0 Å². The van der Waals surface area contributed by atoms with Gasteiger partial charge in [0.05, 0.1) is 23.3 Å². The fraction of sp³-hybridized carbons (Fsp3) is 0.429. The average Bonchev–Trinajstić information content (AvgIpc) is 2.54. The molecule has 2 N–H and O–H groups in total. The number of nitrogen functional groups attached to an aromatic ring is 1. The Hall–Kier alpha value is -1.88. The Labute approximate surface area is 112 Å². The minimum absolute atomic E-state index is 0.229. The smallest absolute Gasteiger partial charge is 0.261 e. The molecule has 5 heteroatoms. The number of carbonyl (C=O) groups excluding carboxylic acids is 2. The van der Waals surface area contributed by atoms with Crippen LogP contribution in [-0.2, 0) is 4.74 Å². The lowest BCUT2D eigenvalue weighted by molar-refractivity contribution is -0.0262. The molecule has 0 unspecified atom stereocenters. The molecule has 0 fully saturated rings. The third-order valence-corrected chi connectivity index (χ3v) is 3.07. The molecule has 2 amide bonds. The second-order valence-electron chi connectivity index (χ2n) is 5.19. The van der Waals surface area contributed by atoms with Gasteiger partial charge in [-0.05, 0) is 39.0 Å². The molecule has 0 atom stereocenters. The molecule has 1 heterocycles. The molecular weight excluding hydrogens is 244 g/mol. The quantitative estimate of drug-likeness (QED) is 0.662. The number of rotatable bonds is 4. The van der Waals surface area contributed by atoms with Gasteiger partial charge in [0.25, 0.3) is 11.8 Å². The summed E-state index contributed by atoms with van der Waals surface area (Å²) in [5.41, 5.74) is 6.35. The monoisotopic (exact) mass is 262 g/mol. The highest BCUT2D eigenvalue weighted by Gasteiger charge is 2.38. The molecule has 0 aromatic heterocycles. The number of nitrogens with two attached hydrogens (primary N) is 1. The molecule has 1 aliphatic heterocycles. The number of carbonyl (C=O) groups is 2. The number of nitrogens with zero attached hydrogens (tertiary/aromatic N) is 1. The van der Waals surface area contributed by atoms with E-state index in [4.69, 9.17) is 10.5 Å². The molecule has 5 nitrogen and oxygen atoms in total. The van der Waals surface area contributed by atoms with Gasteiger partial charge < -0.3 is 10.5 Å². The molecule has 1 aliphatic rings. The summed E-state index contributed by atoms with van der Waals surface area (Å²) in [5.74, 6) is -0.590. The minimum Gasteiger partial charge on any atom is -0.399 e. The van der Waals surface area contributed by atoms with E-state index in [-0.39, 0.29) is 18.4 Å². The molecule has 19 heavy (non-hydrogen) atoms. The first-order valence-corrected chi connectivity index (χ1v) is 6.25. The average molecular weight is 262 g/mol. The summed E-state index contributed by atoms with van der Waals surface area (Å²) in [4.78, 5) is 25.7. The lowest BCUT2D eigenvalue weighted by Crippen LogP contribution is -2.43. The summed E-state index contributed by atoms with van der Waals surface area (Å²) < 4.78 is 5.54. The molecule has 1 aromatic carbocycles. The molecular formula is C14H18N2O3. The Kier molecular flexibility index (Phi) is 3.32. The zero-order valence-corrected chi connectivity index (χ0v) is 11.4. The molecule has 0 spiro atoms. The van der Waals surface area contributed by atoms with Crippen LogP contribution < -0.4 is 5.73 Å². The molecule has 102 valence electrons. The van der Waals surface area contributed by atoms with Crippen molar-refractivity contribution >= 4 is 17.5 Å². The van der Waals surface area contributed by atoms with Gasteiger partial charge in [-0.3, -0.25) is 14.5 Å². The Morgan fingerprint density at radius 2 is 1.84 bits per heavy atom. The number of fused-ring (bicyclic) bond motifs is 1. The zero-order chi connectivity index (χ0) is 14.2. The molecule has 0 bridgehead atoms. The van der Waals surface area contributed by atoms with E-state index in [0.29, 0.717) is 23.4 Å². The first-order chi connectivity index (χ1) is 8.85. The second-order valence-corrected chi connectivity index (χ2v) is 5.19. The number of anilines is 1. The number of hydrogen-bond acceptors (Lipinski definition) is 4. The third kappa shape index (κ3) is 2.46. The lowest BCUT2D eigenvalue weighted by atomic mass is 10.1. The lowest BCUT2D eigenvalue weighted by Gasteiger charge is -2.28. The summed E-state index contributed by atoms with van der Waals surface area (Å²) in [5, 5.41) is 0. The predicted octanol–water partition coefficient (Wildman–Crippen LogP) is 1.68. The number of amides is 2.